The number of ether oxygens (including phenoxy) is 1. The highest BCUT2D eigenvalue weighted by atomic mass is 16.5. The van der Waals surface area contributed by atoms with Crippen molar-refractivity contribution >= 4 is 5.91 Å². The molecule has 1 aromatic carbocycles. The number of carbonyl (C=O) groups is 1. The fourth-order valence-corrected chi connectivity index (χ4v) is 2.61. The second-order valence-electron chi connectivity index (χ2n) is 5.36. The number of hydrogen-bond donors (Lipinski definition) is 2. The molecule has 1 aliphatic rings. The number of rotatable bonds is 6. The molecule has 0 aliphatic heterocycles. The molecule has 0 spiro atoms. The fourth-order valence-electron chi connectivity index (χ4n) is 2.61. The van der Waals surface area contributed by atoms with Gasteiger partial charge in [0.2, 0.25) is 5.91 Å². The normalized spacial score (nSPS) is 22.2. The first-order chi connectivity index (χ1) is 9.77. The fraction of sp³-hybridized carbons (Fsp3) is 0.562. The van der Waals surface area contributed by atoms with Gasteiger partial charge in [0.25, 0.3) is 0 Å². The van der Waals surface area contributed by atoms with Gasteiger partial charge in [0.05, 0.1) is 12.5 Å². The lowest BCUT2D eigenvalue weighted by atomic mass is 9.84. The van der Waals surface area contributed by atoms with Crippen LogP contribution in [0.3, 0.4) is 0 Å². The zero-order valence-electron chi connectivity index (χ0n) is 11.9. The number of nitrogens with one attached hydrogen (secondary N) is 1. The Kier molecular flexibility index (Phi) is 5.87. The first-order valence-corrected chi connectivity index (χ1v) is 7.48. The topological polar surface area (TPSA) is 64.4 Å². The van der Waals surface area contributed by atoms with Crippen molar-refractivity contribution in [1.82, 2.24) is 5.32 Å². The molecule has 110 valence electrons. The highest BCUT2D eigenvalue weighted by Crippen LogP contribution is 2.22. The van der Waals surface area contributed by atoms with Gasteiger partial charge in [0, 0.05) is 12.6 Å². The molecule has 1 saturated carbocycles. The minimum absolute atomic E-state index is 0.00112. The molecule has 4 nitrogen and oxygen atoms in total. The maximum Gasteiger partial charge on any atom is 0.224 e. The molecule has 20 heavy (non-hydrogen) atoms. The minimum atomic E-state index is -0.00112. The van der Waals surface area contributed by atoms with Crippen molar-refractivity contribution in [1.29, 1.82) is 0 Å². The first kappa shape index (κ1) is 14.9. The van der Waals surface area contributed by atoms with Crippen LogP contribution in [-0.4, -0.2) is 25.1 Å². The molecule has 2 rings (SSSR count). The van der Waals surface area contributed by atoms with Gasteiger partial charge in [0.1, 0.15) is 5.75 Å². The van der Waals surface area contributed by atoms with Crippen molar-refractivity contribution < 1.29 is 9.53 Å². The molecule has 0 heterocycles. The highest BCUT2D eigenvalue weighted by molar-refractivity contribution is 5.79. The van der Waals surface area contributed by atoms with Crippen LogP contribution >= 0.6 is 0 Å². The van der Waals surface area contributed by atoms with Crippen LogP contribution in [0, 0.1) is 5.92 Å². The van der Waals surface area contributed by atoms with E-state index in [0.717, 1.165) is 37.9 Å². The lowest BCUT2D eigenvalue weighted by Gasteiger charge is -2.27. The molecule has 2 atom stereocenters. The molecule has 3 N–H and O–H groups in total. The number of amides is 1. The number of nitrogens with two attached hydrogens (primary N) is 1. The van der Waals surface area contributed by atoms with E-state index in [1.807, 2.05) is 30.3 Å². The molecule has 0 saturated heterocycles. The summed E-state index contributed by atoms with van der Waals surface area (Å²) in [6, 6.07) is 9.74. The van der Waals surface area contributed by atoms with E-state index < -0.39 is 0 Å². The summed E-state index contributed by atoms with van der Waals surface area (Å²) in [6.45, 7) is 1.26. The summed E-state index contributed by atoms with van der Waals surface area (Å²) in [5, 5.41) is 2.97. The molecule has 1 aliphatic carbocycles. The molecular formula is C16H24N2O2. The summed E-state index contributed by atoms with van der Waals surface area (Å²) < 4.78 is 5.58. The van der Waals surface area contributed by atoms with E-state index in [1.54, 1.807) is 0 Å². The van der Waals surface area contributed by atoms with Crippen LogP contribution < -0.4 is 15.8 Å². The van der Waals surface area contributed by atoms with E-state index in [9.17, 15) is 4.79 Å². The van der Waals surface area contributed by atoms with Crippen LogP contribution in [-0.2, 0) is 4.79 Å². The summed E-state index contributed by atoms with van der Waals surface area (Å²) in [5.41, 5.74) is 6.00. The summed E-state index contributed by atoms with van der Waals surface area (Å²) in [4.78, 5) is 12.0. The zero-order chi connectivity index (χ0) is 14.2. The van der Waals surface area contributed by atoms with E-state index in [0.29, 0.717) is 13.2 Å². The van der Waals surface area contributed by atoms with Gasteiger partial charge in [-0.3, -0.25) is 4.79 Å². The van der Waals surface area contributed by atoms with E-state index in [-0.39, 0.29) is 17.9 Å². The maximum absolute atomic E-state index is 12.0. The Morgan fingerprint density at radius 2 is 2.00 bits per heavy atom. The van der Waals surface area contributed by atoms with Crippen LogP contribution in [0.1, 0.15) is 32.1 Å². The van der Waals surface area contributed by atoms with E-state index >= 15 is 0 Å². The van der Waals surface area contributed by atoms with E-state index in [1.165, 1.54) is 0 Å². The van der Waals surface area contributed by atoms with E-state index in [2.05, 4.69) is 5.32 Å². The van der Waals surface area contributed by atoms with Crippen LogP contribution in [0.2, 0.25) is 0 Å². The minimum Gasteiger partial charge on any atom is -0.494 e. The van der Waals surface area contributed by atoms with Gasteiger partial charge in [-0.2, -0.15) is 0 Å². The van der Waals surface area contributed by atoms with Gasteiger partial charge in [-0.25, -0.2) is 0 Å². The van der Waals surface area contributed by atoms with Gasteiger partial charge in [-0.1, -0.05) is 31.0 Å². The second-order valence-corrected chi connectivity index (χ2v) is 5.36. The molecule has 1 aromatic rings. The molecule has 2 unspecified atom stereocenters. The summed E-state index contributed by atoms with van der Waals surface area (Å²) in [6.07, 6.45) is 4.96. The van der Waals surface area contributed by atoms with Crippen molar-refractivity contribution in [3.05, 3.63) is 30.3 Å². The van der Waals surface area contributed by atoms with Gasteiger partial charge < -0.3 is 15.8 Å². The number of benzene rings is 1. The third-order valence-electron chi connectivity index (χ3n) is 3.79. The largest absolute Gasteiger partial charge is 0.494 e. The molecule has 4 heteroatoms. The van der Waals surface area contributed by atoms with Crippen LogP contribution in [0.5, 0.6) is 5.75 Å². The molecule has 0 radical (unpaired) electrons. The van der Waals surface area contributed by atoms with Crippen molar-refractivity contribution in [3.8, 4) is 5.75 Å². The summed E-state index contributed by atoms with van der Waals surface area (Å²) >= 11 is 0. The van der Waals surface area contributed by atoms with Crippen LogP contribution in [0.4, 0.5) is 0 Å². The Balaban J connectivity index is 1.59. The van der Waals surface area contributed by atoms with Crippen molar-refractivity contribution in [3.63, 3.8) is 0 Å². The molecular weight excluding hydrogens is 252 g/mol. The van der Waals surface area contributed by atoms with Crippen LogP contribution in [0.25, 0.3) is 0 Å². The predicted octanol–water partition coefficient (Wildman–Crippen LogP) is 2.09. The monoisotopic (exact) mass is 276 g/mol. The first-order valence-electron chi connectivity index (χ1n) is 7.48. The van der Waals surface area contributed by atoms with Gasteiger partial charge >= 0.3 is 0 Å². The average Bonchev–Trinajstić information content (AvgIpc) is 2.48. The maximum atomic E-state index is 12.0. The number of carbonyl (C=O) groups excluding carboxylic acids is 1. The smallest absolute Gasteiger partial charge is 0.224 e. The third kappa shape index (κ3) is 4.53. The Morgan fingerprint density at radius 1 is 1.25 bits per heavy atom. The Morgan fingerprint density at radius 3 is 2.75 bits per heavy atom. The zero-order valence-corrected chi connectivity index (χ0v) is 11.9. The van der Waals surface area contributed by atoms with Gasteiger partial charge in [-0.15, -0.1) is 0 Å². The molecule has 0 aromatic heterocycles. The molecule has 1 amide bonds. The van der Waals surface area contributed by atoms with Gasteiger partial charge in [0.15, 0.2) is 0 Å². The van der Waals surface area contributed by atoms with Crippen molar-refractivity contribution in [2.75, 3.05) is 13.2 Å². The van der Waals surface area contributed by atoms with Crippen molar-refractivity contribution in [2.24, 2.45) is 11.7 Å². The van der Waals surface area contributed by atoms with Gasteiger partial charge in [-0.05, 0) is 31.4 Å². The Labute approximate surface area is 120 Å². The van der Waals surface area contributed by atoms with Crippen molar-refractivity contribution in [2.45, 2.75) is 38.1 Å². The van der Waals surface area contributed by atoms with E-state index in [4.69, 9.17) is 10.5 Å². The number of hydrogen-bond acceptors (Lipinski definition) is 3. The average molecular weight is 276 g/mol. The Hall–Kier alpha value is -1.55. The SMILES string of the molecule is NC1CCCCC1C(=O)NCCCOc1ccccc1. The molecule has 0 bridgehead atoms. The third-order valence-corrected chi connectivity index (χ3v) is 3.79. The second kappa shape index (κ2) is 7.90. The lowest BCUT2D eigenvalue weighted by molar-refractivity contribution is -0.126. The van der Waals surface area contributed by atoms with Crippen LogP contribution in [0.15, 0.2) is 30.3 Å². The quantitative estimate of drug-likeness (QED) is 0.782. The Bertz CT molecular complexity index is 408. The highest BCUT2D eigenvalue weighted by Gasteiger charge is 2.27. The standard InChI is InChI=1S/C16H24N2O2/c17-15-10-5-4-9-14(15)16(19)18-11-6-12-20-13-7-2-1-3-8-13/h1-3,7-8,14-15H,4-6,9-12,17H2,(H,18,19). The lowest BCUT2D eigenvalue weighted by Crippen LogP contribution is -2.44. The number of para-hydroxylation sites is 1. The summed E-state index contributed by atoms with van der Waals surface area (Å²) in [7, 11) is 0. The predicted molar refractivity (Wildman–Crippen MR) is 79.5 cm³/mol. The summed E-state index contributed by atoms with van der Waals surface area (Å²) in [5.74, 6) is 0.976. The molecule has 1 fully saturated rings.